The number of hydrogen-bond donors (Lipinski definition) is 0. The van der Waals surface area contributed by atoms with Gasteiger partial charge in [0.2, 0.25) is 0 Å². The van der Waals surface area contributed by atoms with Crippen LogP contribution in [0.15, 0.2) is 30.3 Å². The largest absolute Gasteiger partial charge is 0.372 e. The van der Waals surface area contributed by atoms with E-state index in [1.54, 1.807) is 0 Å². The molecule has 0 unspecified atom stereocenters. The Hall–Kier alpha value is -0.500. The Balaban J connectivity index is 2.36. The summed E-state index contributed by atoms with van der Waals surface area (Å²) in [5, 5.41) is 1.14. The molecule has 0 aromatic heterocycles. The van der Waals surface area contributed by atoms with Crippen molar-refractivity contribution in [1.82, 2.24) is 0 Å². The molecule has 0 aliphatic carbocycles. The zero-order valence-electron chi connectivity index (χ0n) is 11.6. The Morgan fingerprint density at radius 3 is 2.22 bits per heavy atom. The van der Waals surface area contributed by atoms with E-state index in [0.717, 1.165) is 5.33 Å². The fraction of sp³-hybridized carbons (Fsp3) is 0.625. The molecule has 0 aliphatic rings. The van der Waals surface area contributed by atoms with E-state index in [0.29, 0.717) is 0 Å². The van der Waals surface area contributed by atoms with Crippen molar-refractivity contribution in [2.45, 2.75) is 45.4 Å². The molecule has 0 atom stereocenters. The molecule has 2 heteroatoms. The average molecular weight is 312 g/mol. The van der Waals surface area contributed by atoms with Gasteiger partial charge in [0.15, 0.2) is 0 Å². The monoisotopic (exact) mass is 311 g/mol. The maximum atomic E-state index is 3.49. The van der Waals surface area contributed by atoms with E-state index >= 15 is 0 Å². The lowest BCUT2D eigenvalue weighted by Crippen LogP contribution is -2.25. The van der Waals surface area contributed by atoms with Gasteiger partial charge in [-0.2, -0.15) is 0 Å². The number of para-hydroxylation sites is 1. The molecule has 1 aromatic carbocycles. The second-order valence-electron chi connectivity index (χ2n) is 4.78. The predicted molar refractivity (Wildman–Crippen MR) is 85.8 cm³/mol. The van der Waals surface area contributed by atoms with Gasteiger partial charge < -0.3 is 4.90 Å². The minimum absolute atomic E-state index is 1.14. The second-order valence-corrected chi connectivity index (χ2v) is 5.57. The average Bonchev–Trinajstić information content (AvgIpc) is 2.43. The summed E-state index contributed by atoms with van der Waals surface area (Å²) in [4.78, 5) is 2.54. The van der Waals surface area contributed by atoms with Crippen molar-refractivity contribution in [3.8, 4) is 0 Å². The molecule has 1 rings (SSSR count). The third-order valence-corrected chi connectivity index (χ3v) is 3.78. The van der Waals surface area contributed by atoms with Gasteiger partial charge in [0, 0.05) is 24.1 Å². The molecule has 0 N–H and O–H groups in total. The Bertz CT molecular complexity index is 286. The number of benzene rings is 1. The molecule has 0 spiro atoms. The standard InChI is InChI=1S/C16H26BrN/c1-2-3-14-18(15-10-5-4-9-13-17)16-11-7-6-8-12-16/h6-8,11-12H,2-5,9-10,13-15H2,1H3. The zero-order valence-corrected chi connectivity index (χ0v) is 13.2. The van der Waals surface area contributed by atoms with Crippen molar-refractivity contribution < 1.29 is 0 Å². The molecule has 0 saturated carbocycles. The van der Waals surface area contributed by atoms with Gasteiger partial charge in [-0.1, -0.05) is 60.3 Å². The van der Waals surface area contributed by atoms with Crippen LogP contribution in [0.4, 0.5) is 5.69 Å². The molecule has 0 saturated heterocycles. The van der Waals surface area contributed by atoms with Crippen molar-refractivity contribution in [2.24, 2.45) is 0 Å². The van der Waals surface area contributed by atoms with Crippen molar-refractivity contribution in [3.63, 3.8) is 0 Å². The first kappa shape index (κ1) is 15.6. The molecular weight excluding hydrogens is 286 g/mol. The predicted octanol–water partition coefficient (Wildman–Crippen LogP) is 5.25. The van der Waals surface area contributed by atoms with Crippen LogP contribution >= 0.6 is 15.9 Å². The highest BCUT2D eigenvalue weighted by Crippen LogP contribution is 2.15. The Labute approximate surface area is 121 Å². The Kier molecular flexibility index (Phi) is 9.01. The molecule has 1 aromatic rings. The maximum absolute atomic E-state index is 3.49. The van der Waals surface area contributed by atoms with E-state index in [1.807, 2.05) is 0 Å². The number of halogens is 1. The smallest absolute Gasteiger partial charge is 0.0366 e. The van der Waals surface area contributed by atoms with Gasteiger partial charge >= 0.3 is 0 Å². The summed E-state index contributed by atoms with van der Waals surface area (Å²) in [6.45, 7) is 4.66. The van der Waals surface area contributed by atoms with Crippen LogP contribution in [0, 0.1) is 0 Å². The van der Waals surface area contributed by atoms with Crippen molar-refractivity contribution >= 4 is 21.6 Å². The van der Waals surface area contributed by atoms with E-state index in [9.17, 15) is 0 Å². The van der Waals surface area contributed by atoms with E-state index < -0.39 is 0 Å². The highest BCUT2D eigenvalue weighted by molar-refractivity contribution is 9.09. The summed E-state index contributed by atoms with van der Waals surface area (Å²) >= 11 is 3.49. The van der Waals surface area contributed by atoms with Gasteiger partial charge in [0.05, 0.1) is 0 Å². The van der Waals surface area contributed by atoms with Gasteiger partial charge in [0.1, 0.15) is 0 Å². The summed E-state index contributed by atoms with van der Waals surface area (Å²) in [5.74, 6) is 0. The number of rotatable bonds is 10. The Morgan fingerprint density at radius 1 is 0.889 bits per heavy atom. The fourth-order valence-electron chi connectivity index (χ4n) is 2.11. The summed E-state index contributed by atoms with van der Waals surface area (Å²) in [6.07, 6.45) is 7.87. The lowest BCUT2D eigenvalue weighted by atomic mass is 10.2. The van der Waals surface area contributed by atoms with Crippen molar-refractivity contribution in [3.05, 3.63) is 30.3 Å². The van der Waals surface area contributed by atoms with Gasteiger partial charge in [0.25, 0.3) is 0 Å². The Morgan fingerprint density at radius 2 is 1.56 bits per heavy atom. The zero-order chi connectivity index (χ0) is 13.1. The van der Waals surface area contributed by atoms with Crippen LogP contribution < -0.4 is 4.90 Å². The summed E-state index contributed by atoms with van der Waals surface area (Å²) in [7, 11) is 0. The van der Waals surface area contributed by atoms with Gasteiger partial charge in [-0.05, 0) is 31.4 Å². The van der Waals surface area contributed by atoms with E-state index in [-0.39, 0.29) is 0 Å². The number of nitrogens with zero attached hydrogens (tertiary/aromatic N) is 1. The molecule has 0 radical (unpaired) electrons. The minimum atomic E-state index is 1.14. The van der Waals surface area contributed by atoms with Gasteiger partial charge in [-0.15, -0.1) is 0 Å². The molecule has 18 heavy (non-hydrogen) atoms. The molecule has 0 fully saturated rings. The topological polar surface area (TPSA) is 3.24 Å². The molecule has 0 aliphatic heterocycles. The lowest BCUT2D eigenvalue weighted by Gasteiger charge is -2.24. The molecule has 1 nitrogen and oxygen atoms in total. The first-order chi connectivity index (χ1) is 8.88. The van der Waals surface area contributed by atoms with Crippen LogP contribution in [0.25, 0.3) is 0 Å². The highest BCUT2D eigenvalue weighted by Gasteiger charge is 2.04. The molecule has 0 heterocycles. The third-order valence-electron chi connectivity index (χ3n) is 3.21. The van der Waals surface area contributed by atoms with Gasteiger partial charge in [-0.25, -0.2) is 0 Å². The quantitative estimate of drug-likeness (QED) is 0.421. The van der Waals surface area contributed by atoms with E-state index in [4.69, 9.17) is 0 Å². The first-order valence-corrected chi connectivity index (χ1v) is 8.36. The van der Waals surface area contributed by atoms with Crippen LogP contribution in [-0.2, 0) is 0 Å². The molecule has 0 amide bonds. The van der Waals surface area contributed by atoms with Crippen LogP contribution in [0.5, 0.6) is 0 Å². The van der Waals surface area contributed by atoms with Crippen LogP contribution in [0.1, 0.15) is 45.4 Å². The first-order valence-electron chi connectivity index (χ1n) is 7.24. The molecular formula is C16H26BrN. The van der Waals surface area contributed by atoms with Gasteiger partial charge in [-0.3, -0.25) is 0 Å². The summed E-state index contributed by atoms with van der Waals surface area (Å²) in [5.41, 5.74) is 1.38. The number of hydrogen-bond acceptors (Lipinski definition) is 1. The van der Waals surface area contributed by atoms with Crippen molar-refractivity contribution in [2.75, 3.05) is 23.3 Å². The van der Waals surface area contributed by atoms with Crippen LogP contribution in [-0.4, -0.2) is 18.4 Å². The minimum Gasteiger partial charge on any atom is -0.372 e. The lowest BCUT2D eigenvalue weighted by molar-refractivity contribution is 0.632. The number of anilines is 1. The second kappa shape index (κ2) is 10.4. The maximum Gasteiger partial charge on any atom is 0.0366 e. The van der Waals surface area contributed by atoms with E-state index in [2.05, 4.69) is 58.1 Å². The molecule has 102 valence electrons. The van der Waals surface area contributed by atoms with E-state index in [1.165, 1.54) is 57.3 Å². The van der Waals surface area contributed by atoms with Crippen molar-refractivity contribution in [1.29, 1.82) is 0 Å². The summed E-state index contributed by atoms with van der Waals surface area (Å²) < 4.78 is 0. The normalized spacial score (nSPS) is 10.6. The third kappa shape index (κ3) is 6.44. The number of alkyl halides is 1. The van der Waals surface area contributed by atoms with Crippen LogP contribution in [0.2, 0.25) is 0 Å². The SMILES string of the molecule is CCCCN(CCCCCCBr)c1ccccc1. The number of unbranched alkanes of at least 4 members (excludes halogenated alkanes) is 4. The summed E-state index contributed by atoms with van der Waals surface area (Å²) in [6, 6.07) is 10.8. The fourth-order valence-corrected chi connectivity index (χ4v) is 2.50. The highest BCUT2D eigenvalue weighted by atomic mass is 79.9. The molecule has 0 bridgehead atoms. The van der Waals surface area contributed by atoms with Crippen LogP contribution in [0.3, 0.4) is 0 Å².